The monoisotopic (exact) mass is 173 g/mol. The summed E-state index contributed by atoms with van der Waals surface area (Å²) in [6, 6.07) is 2.32. The van der Waals surface area contributed by atoms with E-state index in [4.69, 9.17) is 5.26 Å². The zero-order valence-corrected chi connectivity index (χ0v) is 6.24. The maximum Gasteiger partial charge on any atom is 0.0698 e. The Kier molecular flexibility index (Phi) is 1.57. The minimum absolute atomic E-state index is 0.0278. The van der Waals surface area contributed by atoms with E-state index in [-0.39, 0.29) is 5.41 Å². The van der Waals surface area contributed by atoms with Crippen LogP contribution >= 0.6 is 15.9 Å². The number of nitrogens with zero attached hydrogens (tertiary/aromatic N) is 1. The van der Waals surface area contributed by atoms with Crippen LogP contribution in [0.1, 0.15) is 19.3 Å². The summed E-state index contributed by atoms with van der Waals surface area (Å²) in [6.07, 6.45) is 3.42. The number of hydrogen-bond donors (Lipinski definition) is 0. The molecule has 0 aliphatic heterocycles. The molecule has 0 amide bonds. The van der Waals surface area contributed by atoms with E-state index in [1.165, 1.54) is 6.42 Å². The SMILES string of the molecule is N#CC1(CBr)CCC1. The van der Waals surface area contributed by atoms with Crippen molar-refractivity contribution >= 4 is 15.9 Å². The van der Waals surface area contributed by atoms with Crippen LogP contribution < -0.4 is 0 Å². The van der Waals surface area contributed by atoms with E-state index in [0.717, 1.165) is 18.2 Å². The molecule has 0 unspecified atom stereocenters. The second-order valence-electron chi connectivity index (χ2n) is 2.38. The van der Waals surface area contributed by atoms with Crippen molar-refractivity contribution in [3.8, 4) is 6.07 Å². The Morgan fingerprint density at radius 1 is 1.62 bits per heavy atom. The highest BCUT2D eigenvalue weighted by Crippen LogP contribution is 2.41. The van der Waals surface area contributed by atoms with E-state index in [2.05, 4.69) is 22.0 Å². The van der Waals surface area contributed by atoms with Crippen LogP contribution in [0.25, 0.3) is 0 Å². The lowest BCUT2D eigenvalue weighted by atomic mass is 9.72. The van der Waals surface area contributed by atoms with E-state index in [1.54, 1.807) is 0 Å². The molecule has 0 spiro atoms. The average Bonchev–Trinajstić information content (AvgIpc) is 1.67. The van der Waals surface area contributed by atoms with Gasteiger partial charge in [-0.25, -0.2) is 0 Å². The summed E-state index contributed by atoms with van der Waals surface area (Å²) in [5, 5.41) is 9.41. The molecule has 44 valence electrons. The number of halogens is 1. The van der Waals surface area contributed by atoms with Crippen molar-refractivity contribution in [1.82, 2.24) is 0 Å². The van der Waals surface area contributed by atoms with E-state index >= 15 is 0 Å². The van der Waals surface area contributed by atoms with Crippen molar-refractivity contribution in [1.29, 1.82) is 5.26 Å². The molecule has 0 saturated heterocycles. The third-order valence-electron chi connectivity index (χ3n) is 1.80. The minimum Gasteiger partial charge on any atom is -0.198 e. The van der Waals surface area contributed by atoms with Crippen LogP contribution in [0.4, 0.5) is 0 Å². The highest BCUT2D eigenvalue weighted by atomic mass is 79.9. The van der Waals surface area contributed by atoms with Gasteiger partial charge in [0.25, 0.3) is 0 Å². The fourth-order valence-corrected chi connectivity index (χ4v) is 1.56. The Labute approximate surface area is 57.8 Å². The summed E-state index contributed by atoms with van der Waals surface area (Å²) >= 11 is 3.32. The van der Waals surface area contributed by atoms with Crippen LogP contribution in [0.5, 0.6) is 0 Å². The summed E-state index contributed by atoms with van der Waals surface area (Å²) in [5.41, 5.74) is 0.0278. The highest BCUT2D eigenvalue weighted by Gasteiger charge is 2.35. The second-order valence-corrected chi connectivity index (χ2v) is 2.94. The van der Waals surface area contributed by atoms with Crippen LogP contribution in [0.3, 0.4) is 0 Å². The van der Waals surface area contributed by atoms with Gasteiger partial charge in [0, 0.05) is 5.33 Å². The summed E-state index contributed by atoms with van der Waals surface area (Å²) in [7, 11) is 0. The van der Waals surface area contributed by atoms with Gasteiger partial charge >= 0.3 is 0 Å². The lowest BCUT2D eigenvalue weighted by molar-refractivity contribution is 0.254. The van der Waals surface area contributed by atoms with Gasteiger partial charge in [0.2, 0.25) is 0 Å². The summed E-state index contributed by atoms with van der Waals surface area (Å²) in [4.78, 5) is 0. The van der Waals surface area contributed by atoms with Crippen molar-refractivity contribution in [2.75, 3.05) is 5.33 Å². The summed E-state index contributed by atoms with van der Waals surface area (Å²) in [6.45, 7) is 0. The van der Waals surface area contributed by atoms with Crippen LogP contribution in [-0.4, -0.2) is 5.33 Å². The number of alkyl halides is 1. The van der Waals surface area contributed by atoms with Gasteiger partial charge in [-0.3, -0.25) is 0 Å². The van der Waals surface area contributed by atoms with Gasteiger partial charge in [0.1, 0.15) is 0 Å². The first-order chi connectivity index (χ1) is 3.83. The van der Waals surface area contributed by atoms with Gasteiger partial charge in [-0.2, -0.15) is 5.26 Å². The number of rotatable bonds is 1. The van der Waals surface area contributed by atoms with Gasteiger partial charge in [-0.15, -0.1) is 0 Å². The smallest absolute Gasteiger partial charge is 0.0698 e. The van der Waals surface area contributed by atoms with Gasteiger partial charge in [0.05, 0.1) is 11.5 Å². The molecule has 1 saturated carbocycles. The molecule has 0 aromatic carbocycles. The quantitative estimate of drug-likeness (QED) is 0.558. The van der Waals surface area contributed by atoms with Crippen molar-refractivity contribution in [2.24, 2.45) is 5.41 Å². The molecule has 0 heterocycles. The number of hydrogen-bond acceptors (Lipinski definition) is 1. The van der Waals surface area contributed by atoms with Gasteiger partial charge in [0.15, 0.2) is 0 Å². The predicted octanol–water partition coefficient (Wildman–Crippen LogP) is 2.08. The largest absolute Gasteiger partial charge is 0.198 e. The molecule has 1 nitrogen and oxygen atoms in total. The molecule has 0 N–H and O–H groups in total. The van der Waals surface area contributed by atoms with Crippen molar-refractivity contribution < 1.29 is 0 Å². The third kappa shape index (κ3) is 0.756. The van der Waals surface area contributed by atoms with Crippen LogP contribution in [0.15, 0.2) is 0 Å². The normalized spacial score (nSPS) is 23.5. The molecule has 1 rings (SSSR count). The predicted molar refractivity (Wildman–Crippen MR) is 35.7 cm³/mol. The topological polar surface area (TPSA) is 23.8 Å². The Hall–Kier alpha value is -0.0300. The molecule has 0 bridgehead atoms. The molecule has 0 atom stereocenters. The molecule has 2 heteroatoms. The Morgan fingerprint density at radius 2 is 2.25 bits per heavy atom. The molecule has 1 aliphatic carbocycles. The molecular weight excluding hydrogens is 166 g/mol. The molecule has 1 fully saturated rings. The molecule has 0 radical (unpaired) electrons. The van der Waals surface area contributed by atoms with Gasteiger partial charge in [-0.05, 0) is 12.8 Å². The lowest BCUT2D eigenvalue weighted by Crippen LogP contribution is -2.28. The van der Waals surface area contributed by atoms with E-state index in [0.29, 0.717) is 0 Å². The summed E-state index contributed by atoms with van der Waals surface area (Å²) < 4.78 is 0. The molecule has 0 aromatic rings. The number of nitriles is 1. The second kappa shape index (κ2) is 2.06. The Balaban J connectivity index is 2.49. The van der Waals surface area contributed by atoms with Gasteiger partial charge in [-0.1, -0.05) is 22.4 Å². The maximum absolute atomic E-state index is 8.56. The highest BCUT2D eigenvalue weighted by molar-refractivity contribution is 9.09. The Morgan fingerprint density at radius 3 is 2.25 bits per heavy atom. The third-order valence-corrected chi connectivity index (χ3v) is 2.88. The maximum atomic E-state index is 8.56. The Bertz CT molecular complexity index is 115. The fourth-order valence-electron chi connectivity index (χ4n) is 0.879. The first-order valence-electron chi connectivity index (χ1n) is 2.80. The molecule has 8 heavy (non-hydrogen) atoms. The fraction of sp³-hybridized carbons (Fsp3) is 0.833. The minimum atomic E-state index is 0.0278. The van der Waals surface area contributed by atoms with Crippen molar-refractivity contribution in [2.45, 2.75) is 19.3 Å². The van der Waals surface area contributed by atoms with E-state index in [9.17, 15) is 0 Å². The first kappa shape index (κ1) is 6.10. The zero-order chi connectivity index (χ0) is 6.04. The van der Waals surface area contributed by atoms with Crippen LogP contribution in [0, 0.1) is 16.7 Å². The van der Waals surface area contributed by atoms with E-state index in [1.807, 2.05) is 0 Å². The molecular formula is C6H8BrN. The zero-order valence-electron chi connectivity index (χ0n) is 4.65. The standard InChI is InChI=1S/C6H8BrN/c7-4-6(5-8)2-1-3-6/h1-4H2. The van der Waals surface area contributed by atoms with Crippen molar-refractivity contribution in [3.05, 3.63) is 0 Å². The van der Waals surface area contributed by atoms with Crippen LogP contribution in [-0.2, 0) is 0 Å². The summed E-state index contributed by atoms with van der Waals surface area (Å²) in [5.74, 6) is 0. The molecule has 1 aliphatic rings. The van der Waals surface area contributed by atoms with Crippen molar-refractivity contribution in [3.63, 3.8) is 0 Å². The van der Waals surface area contributed by atoms with E-state index < -0.39 is 0 Å². The van der Waals surface area contributed by atoms with Gasteiger partial charge < -0.3 is 0 Å². The molecule has 0 aromatic heterocycles. The first-order valence-corrected chi connectivity index (χ1v) is 3.92. The lowest BCUT2D eigenvalue weighted by Gasteiger charge is -2.32. The average molecular weight is 174 g/mol. The van der Waals surface area contributed by atoms with Crippen LogP contribution in [0.2, 0.25) is 0 Å².